The summed E-state index contributed by atoms with van der Waals surface area (Å²) in [4.78, 5) is 31.1. The molecule has 0 bridgehead atoms. The Hall–Kier alpha value is -2.41. The quantitative estimate of drug-likeness (QED) is 0.461. The van der Waals surface area contributed by atoms with Gasteiger partial charge in [0, 0.05) is 40.6 Å². The van der Waals surface area contributed by atoms with Gasteiger partial charge in [-0.05, 0) is 115 Å². The zero-order chi connectivity index (χ0) is 28.7. The smallest absolute Gasteiger partial charge is 0.231 e. The van der Waals surface area contributed by atoms with Crippen molar-refractivity contribution in [2.24, 2.45) is 11.7 Å². The number of hydrogen-bond donors (Lipinski definition) is 2. The number of likely N-dealkylation sites (tertiary alicyclic amines) is 2. The number of pyridine rings is 1. The Balaban J connectivity index is 0.000000322. The number of piperidine rings is 1. The molecule has 3 N–H and O–H groups in total. The number of hydrogen-bond acceptors (Lipinski definition) is 5. The molecule has 2 fully saturated rings. The zero-order valence-electron chi connectivity index (χ0n) is 22.8. The number of fused-ring (bicyclic) bond motifs is 2. The molecule has 1 atom stereocenters. The number of carbonyl (C=O) groups is 2. The summed E-state index contributed by atoms with van der Waals surface area (Å²) in [5, 5.41) is 10.2. The molecule has 1 aromatic carbocycles. The average molecular weight is 662 g/mol. The van der Waals surface area contributed by atoms with Gasteiger partial charge in [-0.3, -0.25) is 19.5 Å². The number of aromatic hydroxyl groups is 1. The van der Waals surface area contributed by atoms with Crippen molar-refractivity contribution >= 4 is 43.7 Å². The summed E-state index contributed by atoms with van der Waals surface area (Å²) in [6, 6.07) is 5.89. The highest BCUT2D eigenvalue weighted by atomic mass is 79.9. The fourth-order valence-electron chi connectivity index (χ4n) is 6.28. The second kappa shape index (κ2) is 13.8. The molecule has 3 aliphatic rings. The minimum Gasteiger partial charge on any atom is -0.508 e. The van der Waals surface area contributed by atoms with E-state index in [1.807, 2.05) is 17.2 Å². The summed E-state index contributed by atoms with van der Waals surface area (Å²) >= 11 is 7.33. The lowest BCUT2D eigenvalue weighted by Gasteiger charge is -2.44. The summed E-state index contributed by atoms with van der Waals surface area (Å²) in [7, 11) is 0. The highest BCUT2D eigenvalue weighted by Crippen LogP contribution is 2.50. The fraction of sp³-hybridized carbons (Fsp3) is 0.500. The topological polar surface area (TPSA) is 99.8 Å². The van der Waals surface area contributed by atoms with Crippen molar-refractivity contribution in [1.82, 2.24) is 14.8 Å². The van der Waals surface area contributed by atoms with Crippen molar-refractivity contribution in [3.8, 4) is 18.6 Å². The number of phenolic OH excluding ortho intramolecular Hbond substituents is 1. The molecule has 1 aromatic heterocycles. The van der Waals surface area contributed by atoms with Crippen molar-refractivity contribution < 1.29 is 14.7 Å². The number of primary amides is 1. The molecule has 39 heavy (non-hydrogen) atoms. The van der Waals surface area contributed by atoms with E-state index in [1.165, 1.54) is 29.5 Å². The molecule has 7 nitrogen and oxygen atoms in total. The minimum absolute atomic E-state index is 0.151. The van der Waals surface area contributed by atoms with Crippen LogP contribution in [-0.4, -0.2) is 64.4 Å². The summed E-state index contributed by atoms with van der Waals surface area (Å²) in [5.41, 5.74) is 9.51. The third kappa shape index (κ3) is 7.22. The number of phenols is 1. The van der Waals surface area contributed by atoms with Gasteiger partial charge in [0.15, 0.2) is 0 Å². The first kappa shape index (κ1) is 31.1. The second-order valence-electron chi connectivity index (χ2n) is 10.6. The van der Waals surface area contributed by atoms with Crippen LogP contribution in [0.2, 0.25) is 0 Å². The summed E-state index contributed by atoms with van der Waals surface area (Å²) in [6.07, 6.45) is 16.0. The lowest BCUT2D eigenvalue weighted by atomic mass is 9.64. The molecule has 1 aliphatic carbocycles. The Morgan fingerprint density at radius 1 is 1.08 bits per heavy atom. The molecule has 2 amide bonds. The van der Waals surface area contributed by atoms with Crippen LogP contribution in [0.4, 0.5) is 0 Å². The van der Waals surface area contributed by atoms with E-state index in [0.29, 0.717) is 18.2 Å². The molecular formula is C30H38Br2N4O3. The first-order chi connectivity index (χ1) is 18.6. The van der Waals surface area contributed by atoms with E-state index in [2.05, 4.69) is 62.6 Å². The van der Waals surface area contributed by atoms with Gasteiger partial charge >= 0.3 is 0 Å². The SMILES string of the molecule is C#C.CC(=O)N1CCC(C2(C)c3ncc(Br)cc3CCc3cc(O)cc(Br)c32)CC1.NC(=O)CN1CCCC1. The molecule has 2 aliphatic heterocycles. The van der Waals surface area contributed by atoms with E-state index >= 15 is 0 Å². The molecule has 210 valence electrons. The monoisotopic (exact) mass is 660 g/mol. The van der Waals surface area contributed by atoms with Gasteiger partial charge in [-0.25, -0.2) is 0 Å². The van der Waals surface area contributed by atoms with Gasteiger partial charge in [0.1, 0.15) is 5.75 Å². The Morgan fingerprint density at radius 3 is 2.28 bits per heavy atom. The number of aromatic nitrogens is 1. The first-order valence-electron chi connectivity index (χ1n) is 13.4. The Kier molecular flexibility index (Phi) is 11.0. The van der Waals surface area contributed by atoms with Gasteiger partial charge in [0.2, 0.25) is 11.8 Å². The van der Waals surface area contributed by atoms with Crippen molar-refractivity contribution in [1.29, 1.82) is 0 Å². The van der Waals surface area contributed by atoms with Crippen molar-refractivity contribution in [2.75, 3.05) is 32.7 Å². The standard InChI is InChI=1S/C22H24Br2N2O2.C6H12N2O.C2H2/c1-13(27)26-7-5-16(6-8-26)22(2)20-14(10-18(28)11-19(20)24)3-4-15-9-17(23)12-25-21(15)22;7-6(9)5-8-3-1-2-4-8;1-2/h9-12,16,28H,3-8H2,1-2H3;1-5H2,(H2,7,9);1-2H. The molecule has 9 heteroatoms. The maximum Gasteiger partial charge on any atom is 0.231 e. The van der Waals surface area contributed by atoms with Gasteiger partial charge in [0.05, 0.1) is 12.2 Å². The molecule has 3 heterocycles. The summed E-state index contributed by atoms with van der Waals surface area (Å²) in [6.45, 7) is 8.05. The molecule has 2 aromatic rings. The van der Waals surface area contributed by atoms with E-state index < -0.39 is 0 Å². The molecule has 0 spiro atoms. The molecular weight excluding hydrogens is 624 g/mol. The van der Waals surface area contributed by atoms with Crippen LogP contribution in [0.5, 0.6) is 5.75 Å². The maximum atomic E-state index is 11.8. The Morgan fingerprint density at radius 2 is 1.69 bits per heavy atom. The largest absolute Gasteiger partial charge is 0.508 e. The first-order valence-corrected chi connectivity index (χ1v) is 14.9. The van der Waals surface area contributed by atoms with Crippen molar-refractivity contribution in [2.45, 2.75) is 57.8 Å². The second-order valence-corrected chi connectivity index (χ2v) is 12.3. The molecule has 2 saturated heterocycles. The molecule has 0 radical (unpaired) electrons. The van der Waals surface area contributed by atoms with E-state index in [0.717, 1.165) is 66.5 Å². The Bertz CT molecular complexity index is 1200. The van der Waals surface area contributed by atoms with E-state index in [4.69, 9.17) is 10.7 Å². The van der Waals surface area contributed by atoms with Crippen LogP contribution < -0.4 is 5.73 Å². The third-order valence-electron chi connectivity index (χ3n) is 8.10. The number of carbonyl (C=O) groups excluding carboxylic acids is 2. The number of nitrogens with zero attached hydrogens (tertiary/aromatic N) is 3. The van der Waals surface area contributed by atoms with Crippen molar-refractivity contribution in [3.05, 3.63) is 55.7 Å². The Labute approximate surface area is 248 Å². The number of amides is 2. The number of terminal acetylenes is 1. The van der Waals surface area contributed by atoms with E-state index in [1.54, 1.807) is 13.0 Å². The number of aryl methyl sites for hydroxylation is 2. The van der Waals surface area contributed by atoms with Crippen molar-refractivity contribution in [3.63, 3.8) is 0 Å². The van der Waals surface area contributed by atoms with Crippen LogP contribution in [0.25, 0.3) is 0 Å². The normalized spacial score (nSPS) is 20.8. The predicted octanol–water partition coefficient (Wildman–Crippen LogP) is 4.79. The van der Waals surface area contributed by atoms with Crippen LogP contribution in [0.1, 0.15) is 61.9 Å². The third-order valence-corrected chi connectivity index (χ3v) is 9.16. The molecule has 1 unspecified atom stereocenters. The molecule has 0 saturated carbocycles. The van der Waals surface area contributed by atoms with Gasteiger partial charge < -0.3 is 15.7 Å². The van der Waals surface area contributed by atoms with E-state index in [-0.39, 0.29) is 17.2 Å². The predicted molar refractivity (Wildman–Crippen MR) is 161 cm³/mol. The van der Waals surface area contributed by atoms with Crippen LogP contribution in [-0.2, 0) is 27.8 Å². The summed E-state index contributed by atoms with van der Waals surface area (Å²) < 4.78 is 1.93. The highest BCUT2D eigenvalue weighted by molar-refractivity contribution is 9.10. The average Bonchev–Trinajstić information content (AvgIpc) is 3.36. The fourth-order valence-corrected chi connectivity index (χ4v) is 7.56. The van der Waals surface area contributed by atoms with Crippen LogP contribution in [0.15, 0.2) is 33.3 Å². The summed E-state index contributed by atoms with van der Waals surface area (Å²) in [5.74, 6) is 0.600. The molecule has 5 rings (SSSR count). The van der Waals surface area contributed by atoms with Gasteiger partial charge in [0.25, 0.3) is 0 Å². The number of benzene rings is 1. The van der Waals surface area contributed by atoms with Gasteiger partial charge in [-0.15, -0.1) is 12.8 Å². The number of nitrogens with two attached hydrogens (primary N) is 1. The zero-order valence-corrected chi connectivity index (χ0v) is 25.9. The van der Waals surface area contributed by atoms with Gasteiger partial charge in [-0.1, -0.05) is 15.9 Å². The maximum absolute atomic E-state index is 11.8. The van der Waals surface area contributed by atoms with E-state index in [9.17, 15) is 14.7 Å². The lowest BCUT2D eigenvalue weighted by Crippen LogP contribution is -2.45. The number of halogens is 2. The highest BCUT2D eigenvalue weighted by Gasteiger charge is 2.45. The van der Waals surface area contributed by atoms with Crippen LogP contribution in [0, 0.1) is 18.8 Å². The minimum atomic E-state index is -0.280. The number of rotatable bonds is 3. The van der Waals surface area contributed by atoms with Crippen LogP contribution >= 0.6 is 31.9 Å². The van der Waals surface area contributed by atoms with Crippen LogP contribution in [0.3, 0.4) is 0 Å². The lowest BCUT2D eigenvalue weighted by molar-refractivity contribution is -0.130. The van der Waals surface area contributed by atoms with Gasteiger partial charge in [-0.2, -0.15) is 0 Å².